The van der Waals surface area contributed by atoms with E-state index in [0.29, 0.717) is 27.3 Å². The van der Waals surface area contributed by atoms with Gasteiger partial charge in [0.25, 0.3) is 5.91 Å². The maximum absolute atomic E-state index is 13.0. The van der Waals surface area contributed by atoms with Crippen LogP contribution in [0.25, 0.3) is 16.8 Å². The van der Waals surface area contributed by atoms with Crippen molar-refractivity contribution in [1.82, 2.24) is 0 Å². The van der Waals surface area contributed by atoms with Crippen LogP contribution in [0.5, 0.6) is 11.5 Å². The zero-order chi connectivity index (χ0) is 23.5. The molecule has 6 heteroatoms. The first-order valence-electron chi connectivity index (χ1n) is 10.7. The van der Waals surface area contributed by atoms with Crippen molar-refractivity contribution >= 4 is 56.7 Å². The Labute approximate surface area is 207 Å². The number of carbonyl (C=O) groups is 1. The Kier molecular flexibility index (Phi) is 6.34. The van der Waals surface area contributed by atoms with E-state index in [-0.39, 0.29) is 5.91 Å². The number of benzene rings is 4. The van der Waals surface area contributed by atoms with Crippen LogP contribution < -0.4 is 14.4 Å². The molecule has 1 amide bonds. The van der Waals surface area contributed by atoms with Crippen molar-refractivity contribution in [3.8, 4) is 11.5 Å². The molecular formula is C28H21NO3S2. The second-order valence-corrected chi connectivity index (χ2v) is 9.37. The van der Waals surface area contributed by atoms with Gasteiger partial charge in [0.1, 0.15) is 6.61 Å². The highest BCUT2D eigenvalue weighted by Gasteiger charge is 2.33. The largest absolute Gasteiger partial charge is 0.493 e. The zero-order valence-electron chi connectivity index (χ0n) is 18.4. The Morgan fingerprint density at radius 2 is 1.68 bits per heavy atom. The molecule has 4 aromatic rings. The summed E-state index contributed by atoms with van der Waals surface area (Å²) in [5.74, 6) is 1.12. The van der Waals surface area contributed by atoms with Gasteiger partial charge >= 0.3 is 0 Å². The van der Waals surface area contributed by atoms with Crippen LogP contribution in [0, 0.1) is 0 Å². The summed E-state index contributed by atoms with van der Waals surface area (Å²) in [5, 5.41) is 2.35. The normalized spacial score (nSPS) is 14.7. The molecule has 0 N–H and O–H groups in total. The predicted molar refractivity (Wildman–Crippen MR) is 143 cm³/mol. The number of anilines is 1. The first-order chi connectivity index (χ1) is 16.6. The van der Waals surface area contributed by atoms with Crippen LogP contribution in [0.3, 0.4) is 0 Å². The number of ether oxygens (including phenoxy) is 2. The third-order valence-electron chi connectivity index (χ3n) is 5.56. The fraction of sp³-hybridized carbons (Fsp3) is 0.0714. The zero-order valence-corrected chi connectivity index (χ0v) is 20.1. The van der Waals surface area contributed by atoms with Crippen LogP contribution >= 0.6 is 24.0 Å². The summed E-state index contributed by atoms with van der Waals surface area (Å²) in [6.45, 7) is 0.423. The van der Waals surface area contributed by atoms with Crippen LogP contribution in [0.1, 0.15) is 11.1 Å². The molecule has 4 aromatic carbocycles. The minimum Gasteiger partial charge on any atom is -0.493 e. The number of thioether (sulfide) groups is 1. The molecule has 0 saturated carbocycles. The first kappa shape index (κ1) is 22.2. The fourth-order valence-corrected chi connectivity index (χ4v) is 5.18. The van der Waals surface area contributed by atoms with E-state index in [1.807, 2.05) is 72.8 Å². The molecule has 0 spiro atoms. The van der Waals surface area contributed by atoms with Gasteiger partial charge in [0.05, 0.1) is 17.7 Å². The average molecular weight is 484 g/mol. The van der Waals surface area contributed by atoms with Crippen LogP contribution in [-0.2, 0) is 11.4 Å². The highest BCUT2D eigenvalue weighted by molar-refractivity contribution is 8.27. The van der Waals surface area contributed by atoms with Crippen LogP contribution in [-0.4, -0.2) is 17.3 Å². The van der Waals surface area contributed by atoms with E-state index in [4.69, 9.17) is 21.7 Å². The molecule has 1 heterocycles. The summed E-state index contributed by atoms with van der Waals surface area (Å²) in [6.07, 6.45) is 1.83. The van der Waals surface area contributed by atoms with E-state index in [9.17, 15) is 4.79 Å². The quantitative estimate of drug-likeness (QED) is 0.222. The number of fused-ring (bicyclic) bond motifs is 1. The number of nitrogens with zero attached hydrogens (tertiary/aromatic N) is 1. The number of thiocarbonyl (C=S) groups is 1. The molecular weight excluding hydrogens is 462 g/mol. The van der Waals surface area contributed by atoms with Crippen molar-refractivity contribution in [2.24, 2.45) is 0 Å². The standard InChI is InChI=1S/C28H21NO3S2/c1-31-25-16-19(17-26-27(30)29(28(33)34-26)22-11-3-2-4-12-22)14-15-24(25)32-18-21-10-7-9-20-8-5-6-13-23(20)21/h2-17H,18H2,1H3. The molecule has 168 valence electrons. The van der Waals surface area contributed by atoms with Crippen molar-refractivity contribution in [2.75, 3.05) is 12.0 Å². The summed E-state index contributed by atoms with van der Waals surface area (Å²) in [6, 6.07) is 29.5. The monoisotopic (exact) mass is 483 g/mol. The fourth-order valence-electron chi connectivity index (χ4n) is 3.89. The summed E-state index contributed by atoms with van der Waals surface area (Å²) in [5.41, 5.74) is 2.71. The van der Waals surface area contributed by atoms with Gasteiger partial charge in [-0.25, -0.2) is 0 Å². The molecule has 0 bridgehead atoms. The Morgan fingerprint density at radius 1 is 0.912 bits per heavy atom. The third-order valence-corrected chi connectivity index (χ3v) is 6.86. The van der Waals surface area contributed by atoms with Gasteiger partial charge in [-0.05, 0) is 52.2 Å². The lowest BCUT2D eigenvalue weighted by Gasteiger charge is -2.14. The lowest BCUT2D eigenvalue weighted by Crippen LogP contribution is -2.27. The SMILES string of the molecule is COc1cc(C=C2SC(=S)N(c3ccccc3)C2=O)ccc1OCc1cccc2ccccc12. The van der Waals surface area contributed by atoms with Gasteiger partial charge in [-0.2, -0.15) is 0 Å². The van der Waals surface area contributed by atoms with E-state index in [1.54, 1.807) is 12.0 Å². The van der Waals surface area contributed by atoms with Crippen molar-refractivity contribution in [3.63, 3.8) is 0 Å². The Balaban J connectivity index is 1.36. The van der Waals surface area contributed by atoms with Crippen molar-refractivity contribution in [2.45, 2.75) is 6.61 Å². The molecule has 34 heavy (non-hydrogen) atoms. The van der Waals surface area contributed by atoms with Gasteiger partial charge in [-0.1, -0.05) is 90.7 Å². The highest BCUT2D eigenvalue weighted by Crippen LogP contribution is 2.37. The smallest absolute Gasteiger partial charge is 0.270 e. The van der Waals surface area contributed by atoms with Gasteiger partial charge in [0.2, 0.25) is 0 Å². The molecule has 4 nitrogen and oxygen atoms in total. The van der Waals surface area contributed by atoms with Gasteiger partial charge < -0.3 is 9.47 Å². The molecule has 0 atom stereocenters. The Hall–Kier alpha value is -3.61. The molecule has 1 aliphatic heterocycles. The molecule has 0 radical (unpaired) electrons. The van der Waals surface area contributed by atoms with Crippen LogP contribution in [0.2, 0.25) is 0 Å². The van der Waals surface area contributed by atoms with Crippen molar-refractivity contribution < 1.29 is 14.3 Å². The minimum atomic E-state index is -0.128. The van der Waals surface area contributed by atoms with E-state index in [0.717, 1.165) is 16.8 Å². The molecule has 1 aliphatic rings. The second-order valence-electron chi connectivity index (χ2n) is 7.69. The second kappa shape index (κ2) is 9.71. The lowest BCUT2D eigenvalue weighted by molar-refractivity contribution is -0.113. The average Bonchev–Trinajstić information content (AvgIpc) is 3.15. The summed E-state index contributed by atoms with van der Waals surface area (Å²) in [4.78, 5) is 15.1. The number of amides is 1. The topological polar surface area (TPSA) is 38.8 Å². The van der Waals surface area contributed by atoms with E-state index >= 15 is 0 Å². The Bertz CT molecular complexity index is 1410. The first-order valence-corrected chi connectivity index (χ1v) is 12.0. The van der Waals surface area contributed by atoms with Gasteiger partial charge in [-0.3, -0.25) is 9.69 Å². The molecule has 0 aromatic heterocycles. The number of methoxy groups -OCH3 is 1. The number of para-hydroxylation sites is 1. The van der Waals surface area contributed by atoms with Gasteiger partial charge in [0, 0.05) is 0 Å². The van der Waals surface area contributed by atoms with Gasteiger partial charge in [-0.15, -0.1) is 0 Å². The molecule has 1 fully saturated rings. The van der Waals surface area contributed by atoms with Crippen molar-refractivity contribution in [1.29, 1.82) is 0 Å². The molecule has 1 saturated heterocycles. The number of carbonyl (C=O) groups excluding carboxylic acids is 1. The molecule has 0 unspecified atom stereocenters. The summed E-state index contributed by atoms with van der Waals surface area (Å²) < 4.78 is 12.2. The lowest BCUT2D eigenvalue weighted by atomic mass is 10.1. The van der Waals surface area contributed by atoms with Crippen LogP contribution in [0.4, 0.5) is 5.69 Å². The van der Waals surface area contributed by atoms with Crippen molar-refractivity contribution in [3.05, 3.63) is 107 Å². The number of hydrogen-bond donors (Lipinski definition) is 0. The van der Waals surface area contributed by atoms with Crippen LogP contribution in [0.15, 0.2) is 95.9 Å². The molecule has 5 rings (SSSR count). The number of hydrogen-bond acceptors (Lipinski definition) is 5. The maximum Gasteiger partial charge on any atom is 0.270 e. The minimum absolute atomic E-state index is 0.128. The van der Waals surface area contributed by atoms with E-state index in [1.165, 1.54) is 22.5 Å². The third kappa shape index (κ3) is 4.42. The summed E-state index contributed by atoms with van der Waals surface area (Å²) in [7, 11) is 1.61. The predicted octanol–water partition coefficient (Wildman–Crippen LogP) is 6.83. The van der Waals surface area contributed by atoms with E-state index in [2.05, 4.69) is 24.3 Å². The van der Waals surface area contributed by atoms with Gasteiger partial charge in [0.15, 0.2) is 15.8 Å². The Morgan fingerprint density at radius 3 is 2.50 bits per heavy atom. The number of rotatable bonds is 6. The maximum atomic E-state index is 13.0. The highest BCUT2D eigenvalue weighted by atomic mass is 32.2. The summed E-state index contributed by atoms with van der Waals surface area (Å²) >= 11 is 6.75. The molecule has 0 aliphatic carbocycles. The van der Waals surface area contributed by atoms with E-state index < -0.39 is 0 Å².